The number of fused-ring (bicyclic) bond motifs is 1. The second kappa shape index (κ2) is 3.73. The molecule has 1 saturated heterocycles. The largest absolute Gasteiger partial charge is 0.382 e. The van der Waals surface area contributed by atoms with Crippen molar-refractivity contribution in [2.75, 3.05) is 13.7 Å². The molecular formula is C9H18N2O. The van der Waals surface area contributed by atoms with Crippen molar-refractivity contribution in [1.29, 1.82) is 0 Å². The van der Waals surface area contributed by atoms with Crippen molar-refractivity contribution in [1.82, 2.24) is 10.6 Å². The predicted octanol–water partition coefficient (Wildman–Crippen LogP) is 0.463. The third-order valence-electron chi connectivity index (χ3n) is 2.93. The zero-order valence-corrected chi connectivity index (χ0v) is 7.68. The van der Waals surface area contributed by atoms with E-state index in [2.05, 4.69) is 10.6 Å². The molecule has 0 radical (unpaired) electrons. The smallest absolute Gasteiger partial charge is 0.0818 e. The summed E-state index contributed by atoms with van der Waals surface area (Å²) in [5, 5.41) is 7.12. The lowest BCUT2D eigenvalue weighted by molar-refractivity contribution is 0.164. The van der Waals surface area contributed by atoms with E-state index in [9.17, 15) is 0 Å². The summed E-state index contributed by atoms with van der Waals surface area (Å²) in [4.78, 5) is 0. The van der Waals surface area contributed by atoms with Crippen LogP contribution in [0.25, 0.3) is 0 Å². The lowest BCUT2D eigenvalue weighted by atomic mass is 9.92. The van der Waals surface area contributed by atoms with Gasteiger partial charge in [0.05, 0.1) is 12.8 Å². The fraction of sp³-hybridized carbons (Fsp3) is 1.00. The summed E-state index contributed by atoms with van der Waals surface area (Å²) < 4.78 is 5.11. The Morgan fingerprint density at radius 2 is 1.75 bits per heavy atom. The van der Waals surface area contributed by atoms with Crippen LogP contribution in [0.1, 0.15) is 25.7 Å². The zero-order chi connectivity index (χ0) is 8.39. The van der Waals surface area contributed by atoms with Crippen LogP contribution in [-0.4, -0.2) is 32.0 Å². The highest BCUT2D eigenvalue weighted by Gasteiger charge is 2.33. The second-order valence-electron chi connectivity index (χ2n) is 3.84. The van der Waals surface area contributed by atoms with Crippen LogP contribution in [0.15, 0.2) is 0 Å². The molecule has 3 nitrogen and oxygen atoms in total. The van der Waals surface area contributed by atoms with Crippen LogP contribution in [0.2, 0.25) is 0 Å². The maximum absolute atomic E-state index is 5.11. The van der Waals surface area contributed by atoms with Crippen LogP contribution in [0, 0.1) is 0 Å². The molecule has 2 rings (SSSR count). The van der Waals surface area contributed by atoms with Gasteiger partial charge in [-0.25, -0.2) is 0 Å². The minimum atomic E-state index is 0.392. The van der Waals surface area contributed by atoms with Gasteiger partial charge in [0.2, 0.25) is 0 Å². The molecule has 2 unspecified atom stereocenters. The number of hydrogen-bond donors (Lipinski definition) is 2. The minimum absolute atomic E-state index is 0.392. The Kier molecular flexibility index (Phi) is 2.63. The molecule has 2 fully saturated rings. The van der Waals surface area contributed by atoms with Crippen molar-refractivity contribution in [2.24, 2.45) is 0 Å². The third kappa shape index (κ3) is 1.63. The average Bonchev–Trinajstić information content (AvgIpc) is 2.47. The highest BCUT2D eigenvalue weighted by molar-refractivity contribution is 4.95. The first-order chi connectivity index (χ1) is 5.90. The Morgan fingerprint density at radius 3 is 2.25 bits per heavy atom. The molecule has 0 aromatic rings. The summed E-state index contributed by atoms with van der Waals surface area (Å²) in [6.45, 7) is 0.785. The Bertz CT molecular complexity index is 137. The maximum Gasteiger partial charge on any atom is 0.0818 e. The van der Waals surface area contributed by atoms with E-state index in [-0.39, 0.29) is 0 Å². The van der Waals surface area contributed by atoms with Gasteiger partial charge in [-0.3, -0.25) is 10.6 Å². The van der Waals surface area contributed by atoms with E-state index in [4.69, 9.17) is 4.74 Å². The van der Waals surface area contributed by atoms with Crippen molar-refractivity contribution in [2.45, 2.75) is 43.9 Å². The van der Waals surface area contributed by atoms with Crippen LogP contribution in [0.3, 0.4) is 0 Å². The molecule has 2 N–H and O–H groups in total. The van der Waals surface area contributed by atoms with Gasteiger partial charge < -0.3 is 4.74 Å². The molecule has 0 amide bonds. The van der Waals surface area contributed by atoms with Crippen molar-refractivity contribution < 1.29 is 4.74 Å². The normalized spacial score (nSPS) is 41.2. The number of ether oxygens (including phenoxy) is 1. The number of nitrogens with one attached hydrogen (secondary N) is 2. The van der Waals surface area contributed by atoms with Crippen molar-refractivity contribution in [3.63, 3.8) is 0 Å². The zero-order valence-electron chi connectivity index (χ0n) is 7.68. The first-order valence-electron chi connectivity index (χ1n) is 4.91. The lowest BCUT2D eigenvalue weighted by Crippen LogP contribution is -2.37. The monoisotopic (exact) mass is 170 g/mol. The summed E-state index contributed by atoms with van der Waals surface area (Å²) in [5.74, 6) is 0. The average molecular weight is 170 g/mol. The Balaban J connectivity index is 1.85. The molecule has 0 aromatic carbocycles. The van der Waals surface area contributed by atoms with Crippen molar-refractivity contribution in [3.8, 4) is 0 Å². The van der Waals surface area contributed by atoms with Gasteiger partial charge in [0.25, 0.3) is 0 Å². The van der Waals surface area contributed by atoms with Gasteiger partial charge in [0.1, 0.15) is 0 Å². The molecule has 1 saturated carbocycles. The molecule has 12 heavy (non-hydrogen) atoms. The number of methoxy groups -OCH3 is 1. The Morgan fingerprint density at radius 1 is 1.17 bits per heavy atom. The molecule has 0 spiro atoms. The first-order valence-corrected chi connectivity index (χ1v) is 4.91. The Labute approximate surface area is 73.9 Å². The van der Waals surface area contributed by atoms with E-state index in [1.54, 1.807) is 7.11 Å². The SMILES string of the molecule is COCC1NC2CCCCC2N1. The summed E-state index contributed by atoms with van der Waals surface area (Å²) in [6.07, 6.45) is 5.82. The van der Waals surface area contributed by atoms with Gasteiger partial charge in [-0.1, -0.05) is 12.8 Å². The molecule has 1 aliphatic heterocycles. The summed E-state index contributed by atoms with van der Waals surface area (Å²) in [5.41, 5.74) is 0. The maximum atomic E-state index is 5.11. The quantitative estimate of drug-likeness (QED) is 0.632. The highest BCUT2D eigenvalue weighted by atomic mass is 16.5. The van der Waals surface area contributed by atoms with E-state index in [0.29, 0.717) is 18.2 Å². The number of hydrogen-bond acceptors (Lipinski definition) is 3. The van der Waals surface area contributed by atoms with Gasteiger partial charge in [-0.2, -0.15) is 0 Å². The van der Waals surface area contributed by atoms with Gasteiger partial charge >= 0.3 is 0 Å². The number of rotatable bonds is 2. The molecule has 0 bridgehead atoms. The van der Waals surface area contributed by atoms with Gasteiger partial charge in [0.15, 0.2) is 0 Å². The fourth-order valence-corrected chi connectivity index (χ4v) is 2.36. The molecule has 0 aromatic heterocycles. The molecule has 1 heterocycles. The fourth-order valence-electron chi connectivity index (χ4n) is 2.36. The molecule has 70 valence electrons. The van der Waals surface area contributed by atoms with E-state index < -0.39 is 0 Å². The Hall–Kier alpha value is -0.120. The molecule has 2 aliphatic rings. The summed E-state index contributed by atoms with van der Waals surface area (Å²) in [7, 11) is 1.76. The third-order valence-corrected chi connectivity index (χ3v) is 2.93. The van der Waals surface area contributed by atoms with Crippen LogP contribution in [0.5, 0.6) is 0 Å². The summed E-state index contributed by atoms with van der Waals surface area (Å²) >= 11 is 0. The second-order valence-corrected chi connectivity index (χ2v) is 3.84. The van der Waals surface area contributed by atoms with E-state index in [0.717, 1.165) is 6.61 Å². The minimum Gasteiger partial charge on any atom is -0.382 e. The molecule has 2 atom stereocenters. The van der Waals surface area contributed by atoms with Crippen molar-refractivity contribution >= 4 is 0 Å². The first kappa shape index (κ1) is 8.48. The van der Waals surface area contributed by atoms with Crippen LogP contribution in [-0.2, 0) is 4.74 Å². The van der Waals surface area contributed by atoms with Crippen LogP contribution < -0.4 is 10.6 Å². The highest BCUT2D eigenvalue weighted by Crippen LogP contribution is 2.22. The molecule has 1 aliphatic carbocycles. The lowest BCUT2D eigenvalue weighted by Gasteiger charge is -2.23. The molecular weight excluding hydrogens is 152 g/mol. The van der Waals surface area contributed by atoms with E-state index in [1.165, 1.54) is 25.7 Å². The van der Waals surface area contributed by atoms with E-state index >= 15 is 0 Å². The summed E-state index contributed by atoms with van der Waals surface area (Å²) in [6, 6.07) is 1.41. The van der Waals surface area contributed by atoms with Gasteiger partial charge in [-0.05, 0) is 12.8 Å². The van der Waals surface area contributed by atoms with Gasteiger partial charge in [-0.15, -0.1) is 0 Å². The van der Waals surface area contributed by atoms with Crippen LogP contribution in [0.4, 0.5) is 0 Å². The standard InChI is InChI=1S/C9H18N2O/c1-12-6-9-10-7-4-2-3-5-8(7)11-9/h7-11H,2-6H2,1H3. The molecule has 3 heteroatoms. The van der Waals surface area contributed by atoms with E-state index in [1.807, 2.05) is 0 Å². The predicted molar refractivity (Wildman–Crippen MR) is 48.0 cm³/mol. The van der Waals surface area contributed by atoms with Crippen LogP contribution >= 0.6 is 0 Å². The van der Waals surface area contributed by atoms with Crippen molar-refractivity contribution in [3.05, 3.63) is 0 Å². The van der Waals surface area contributed by atoms with Gasteiger partial charge in [0, 0.05) is 19.2 Å². The topological polar surface area (TPSA) is 33.3 Å².